The maximum Gasteiger partial charge on any atom is 0.233 e. The number of amides is 1. The number of aromatic nitrogens is 3. The van der Waals surface area contributed by atoms with Crippen molar-refractivity contribution in [2.45, 2.75) is 69.5 Å². The number of likely N-dealkylation sites (tertiary alicyclic amines) is 1. The van der Waals surface area contributed by atoms with E-state index in [0.29, 0.717) is 11.8 Å². The van der Waals surface area contributed by atoms with E-state index in [-0.39, 0.29) is 5.91 Å². The lowest BCUT2D eigenvalue weighted by molar-refractivity contribution is -0.129. The van der Waals surface area contributed by atoms with Crippen LogP contribution in [0.1, 0.15) is 63.2 Å². The van der Waals surface area contributed by atoms with Gasteiger partial charge in [-0.25, -0.2) is 0 Å². The van der Waals surface area contributed by atoms with E-state index in [4.69, 9.17) is 0 Å². The molecule has 1 amide bonds. The Kier molecular flexibility index (Phi) is 5.39. The average molecular weight is 322 g/mol. The number of hydrogen-bond acceptors (Lipinski definition) is 4. The molecule has 5 nitrogen and oxygen atoms in total. The highest BCUT2D eigenvalue weighted by atomic mass is 32.2. The van der Waals surface area contributed by atoms with Crippen LogP contribution in [0.2, 0.25) is 0 Å². The lowest BCUT2D eigenvalue weighted by Gasteiger charge is -2.27. The van der Waals surface area contributed by atoms with Crippen LogP contribution in [0, 0.1) is 6.92 Å². The van der Waals surface area contributed by atoms with Crippen LogP contribution in [0.15, 0.2) is 5.16 Å². The van der Waals surface area contributed by atoms with Crippen LogP contribution in [0.4, 0.5) is 0 Å². The van der Waals surface area contributed by atoms with Crippen LogP contribution in [0.5, 0.6) is 0 Å². The highest BCUT2D eigenvalue weighted by molar-refractivity contribution is 7.99. The van der Waals surface area contributed by atoms with E-state index in [1.165, 1.54) is 38.5 Å². The van der Waals surface area contributed by atoms with E-state index in [2.05, 4.69) is 14.8 Å². The van der Waals surface area contributed by atoms with Crippen molar-refractivity contribution in [1.29, 1.82) is 0 Å². The fourth-order valence-corrected chi connectivity index (χ4v) is 4.52. The molecule has 22 heavy (non-hydrogen) atoms. The molecular weight excluding hydrogens is 296 g/mol. The zero-order valence-corrected chi connectivity index (χ0v) is 14.3. The standard InChI is InChI=1S/C16H26N4OS/c1-13-17-18-16(20(13)14-8-4-2-5-9-14)22-12-15(21)19-10-6-3-7-11-19/h14H,2-12H2,1H3. The number of carbonyl (C=O) groups excluding carboxylic acids is 1. The van der Waals surface area contributed by atoms with Crippen molar-refractivity contribution in [3.05, 3.63) is 5.82 Å². The maximum atomic E-state index is 12.3. The quantitative estimate of drug-likeness (QED) is 0.799. The van der Waals surface area contributed by atoms with Gasteiger partial charge in [0.1, 0.15) is 5.82 Å². The van der Waals surface area contributed by atoms with E-state index in [1.807, 2.05) is 11.8 Å². The van der Waals surface area contributed by atoms with Crippen LogP contribution in [0.25, 0.3) is 0 Å². The van der Waals surface area contributed by atoms with Crippen molar-refractivity contribution < 1.29 is 4.79 Å². The molecule has 1 saturated heterocycles. The van der Waals surface area contributed by atoms with Gasteiger partial charge in [-0.2, -0.15) is 0 Å². The van der Waals surface area contributed by atoms with Crippen molar-refractivity contribution in [3.8, 4) is 0 Å². The van der Waals surface area contributed by atoms with Gasteiger partial charge in [-0.1, -0.05) is 31.0 Å². The summed E-state index contributed by atoms with van der Waals surface area (Å²) < 4.78 is 2.27. The molecule has 0 aromatic carbocycles. The number of carbonyl (C=O) groups is 1. The first-order chi connectivity index (χ1) is 10.8. The second-order valence-corrected chi connectivity index (χ2v) is 7.36. The summed E-state index contributed by atoms with van der Waals surface area (Å²) in [7, 11) is 0. The van der Waals surface area contributed by atoms with E-state index in [0.717, 1.165) is 36.9 Å². The maximum absolute atomic E-state index is 12.3. The van der Waals surface area contributed by atoms with Crippen LogP contribution in [0.3, 0.4) is 0 Å². The Morgan fingerprint density at radius 1 is 1.09 bits per heavy atom. The Balaban J connectivity index is 1.61. The molecule has 0 unspecified atom stereocenters. The van der Waals surface area contributed by atoms with Gasteiger partial charge in [0.25, 0.3) is 0 Å². The largest absolute Gasteiger partial charge is 0.342 e. The summed E-state index contributed by atoms with van der Waals surface area (Å²) in [6.45, 7) is 3.87. The number of aryl methyl sites for hydroxylation is 1. The predicted octanol–water partition coefficient (Wildman–Crippen LogP) is 3.20. The third-order valence-corrected chi connectivity index (χ3v) is 5.74. The molecule has 0 bridgehead atoms. The third kappa shape index (κ3) is 3.65. The fraction of sp³-hybridized carbons (Fsp3) is 0.812. The van der Waals surface area contributed by atoms with Crippen molar-refractivity contribution >= 4 is 17.7 Å². The minimum Gasteiger partial charge on any atom is -0.342 e. The molecular formula is C16H26N4OS. The fourth-order valence-electron chi connectivity index (χ4n) is 3.57. The number of rotatable bonds is 4. The molecule has 1 saturated carbocycles. The molecule has 1 aromatic heterocycles. The highest BCUT2D eigenvalue weighted by Gasteiger charge is 2.23. The summed E-state index contributed by atoms with van der Waals surface area (Å²) in [6, 6.07) is 0.524. The zero-order valence-electron chi connectivity index (χ0n) is 13.5. The first-order valence-electron chi connectivity index (χ1n) is 8.58. The first kappa shape index (κ1) is 15.8. The second-order valence-electron chi connectivity index (χ2n) is 6.42. The summed E-state index contributed by atoms with van der Waals surface area (Å²) in [4.78, 5) is 14.3. The Morgan fingerprint density at radius 3 is 2.50 bits per heavy atom. The van der Waals surface area contributed by atoms with Crippen molar-refractivity contribution in [2.24, 2.45) is 0 Å². The highest BCUT2D eigenvalue weighted by Crippen LogP contribution is 2.32. The van der Waals surface area contributed by atoms with Gasteiger partial charge in [0.15, 0.2) is 5.16 Å². The van der Waals surface area contributed by atoms with Crippen molar-refractivity contribution in [3.63, 3.8) is 0 Å². The average Bonchev–Trinajstić information content (AvgIpc) is 2.95. The van der Waals surface area contributed by atoms with E-state index in [1.54, 1.807) is 11.8 Å². The molecule has 2 aliphatic rings. The lowest BCUT2D eigenvalue weighted by Crippen LogP contribution is -2.36. The lowest BCUT2D eigenvalue weighted by atomic mass is 9.95. The number of piperidine rings is 1. The van der Waals surface area contributed by atoms with Gasteiger partial charge in [0.05, 0.1) is 5.75 Å². The molecule has 1 aliphatic heterocycles. The Labute approximate surface area is 136 Å². The predicted molar refractivity (Wildman–Crippen MR) is 88.0 cm³/mol. The summed E-state index contributed by atoms with van der Waals surface area (Å²) >= 11 is 1.56. The van der Waals surface area contributed by atoms with Gasteiger partial charge in [-0.3, -0.25) is 4.79 Å². The van der Waals surface area contributed by atoms with Gasteiger partial charge in [0, 0.05) is 19.1 Å². The molecule has 1 aromatic rings. The molecule has 2 heterocycles. The Hall–Kier alpha value is -1.04. The van der Waals surface area contributed by atoms with Crippen molar-refractivity contribution in [1.82, 2.24) is 19.7 Å². The monoisotopic (exact) mass is 322 g/mol. The first-order valence-corrected chi connectivity index (χ1v) is 9.56. The summed E-state index contributed by atoms with van der Waals surface area (Å²) in [5.41, 5.74) is 0. The topological polar surface area (TPSA) is 51.0 Å². The second kappa shape index (κ2) is 7.49. The number of nitrogens with zero attached hydrogens (tertiary/aromatic N) is 4. The van der Waals surface area contributed by atoms with Crippen LogP contribution in [-0.2, 0) is 4.79 Å². The molecule has 122 valence electrons. The van der Waals surface area contributed by atoms with Crippen LogP contribution in [-0.4, -0.2) is 44.4 Å². The summed E-state index contributed by atoms with van der Waals surface area (Å²) in [6.07, 6.45) is 9.90. The molecule has 0 spiro atoms. The molecule has 1 aliphatic carbocycles. The zero-order chi connectivity index (χ0) is 15.4. The van der Waals surface area contributed by atoms with E-state index >= 15 is 0 Å². The molecule has 0 atom stereocenters. The van der Waals surface area contributed by atoms with Gasteiger partial charge < -0.3 is 9.47 Å². The normalized spacial score (nSPS) is 20.3. The molecule has 0 N–H and O–H groups in total. The van der Waals surface area contributed by atoms with E-state index < -0.39 is 0 Å². The van der Waals surface area contributed by atoms with Gasteiger partial charge in [-0.05, 0) is 39.0 Å². The van der Waals surface area contributed by atoms with Crippen LogP contribution < -0.4 is 0 Å². The number of thioether (sulfide) groups is 1. The SMILES string of the molecule is Cc1nnc(SCC(=O)N2CCCCC2)n1C1CCCCC1. The molecule has 0 radical (unpaired) electrons. The summed E-state index contributed by atoms with van der Waals surface area (Å²) in [5.74, 6) is 1.73. The third-order valence-electron chi connectivity index (χ3n) is 4.81. The van der Waals surface area contributed by atoms with Gasteiger partial charge in [0.2, 0.25) is 5.91 Å². The van der Waals surface area contributed by atoms with Crippen LogP contribution >= 0.6 is 11.8 Å². The molecule has 3 rings (SSSR count). The van der Waals surface area contributed by atoms with Gasteiger partial charge in [-0.15, -0.1) is 10.2 Å². The van der Waals surface area contributed by atoms with Gasteiger partial charge >= 0.3 is 0 Å². The minimum absolute atomic E-state index is 0.251. The number of hydrogen-bond donors (Lipinski definition) is 0. The summed E-state index contributed by atoms with van der Waals surface area (Å²) in [5, 5.41) is 9.49. The Bertz CT molecular complexity index is 504. The van der Waals surface area contributed by atoms with E-state index in [9.17, 15) is 4.79 Å². The molecule has 2 fully saturated rings. The minimum atomic E-state index is 0.251. The van der Waals surface area contributed by atoms with Crippen molar-refractivity contribution in [2.75, 3.05) is 18.8 Å². The smallest absolute Gasteiger partial charge is 0.233 e. The molecule has 6 heteroatoms. The Morgan fingerprint density at radius 2 is 1.77 bits per heavy atom.